The summed E-state index contributed by atoms with van der Waals surface area (Å²) in [5.41, 5.74) is 8.05. The van der Waals surface area contributed by atoms with Crippen LogP contribution in [0.15, 0.2) is 36.7 Å². The van der Waals surface area contributed by atoms with Crippen LogP contribution in [0, 0.1) is 6.92 Å². The van der Waals surface area contributed by atoms with E-state index in [1.54, 1.807) is 24.5 Å². The SMILES string of the molecule is Cc1ccc2c(N)c(C(=O)Nc3cccnc3)sc2n1. The maximum atomic E-state index is 12.3. The molecule has 0 atom stereocenters. The smallest absolute Gasteiger partial charge is 0.267 e. The van der Waals surface area contributed by atoms with Gasteiger partial charge in [0.25, 0.3) is 5.91 Å². The van der Waals surface area contributed by atoms with Crippen LogP contribution in [0.1, 0.15) is 15.4 Å². The van der Waals surface area contributed by atoms with Gasteiger partial charge in [-0.3, -0.25) is 9.78 Å². The second-order valence-corrected chi connectivity index (χ2v) is 5.35. The maximum Gasteiger partial charge on any atom is 0.267 e. The number of aromatic nitrogens is 2. The molecule has 0 aliphatic heterocycles. The van der Waals surface area contributed by atoms with Crippen LogP contribution in [0.25, 0.3) is 10.2 Å². The third kappa shape index (κ3) is 2.21. The summed E-state index contributed by atoms with van der Waals surface area (Å²) in [7, 11) is 0. The third-order valence-corrected chi connectivity index (χ3v) is 3.97. The zero-order chi connectivity index (χ0) is 14.1. The Morgan fingerprint density at radius 1 is 1.35 bits per heavy atom. The van der Waals surface area contributed by atoms with Gasteiger partial charge < -0.3 is 11.1 Å². The Labute approximate surface area is 119 Å². The van der Waals surface area contributed by atoms with E-state index in [9.17, 15) is 4.79 Å². The van der Waals surface area contributed by atoms with Gasteiger partial charge in [-0.2, -0.15) is 0 Å². The van der Waals surface area contributed by atoms with Crippen molar-refractivity contribution in [1.29, 1.82) is 0 Å². The Hall–Kier alpha value is -2.47. The zero-order valence-electron chi connectivity index (χ0n) is 10.8. The summed E-state index contributed by atoms with van der Waals surface area (Å²) in [4.78, 5) is 21.8. The van der Waals surface area contributed by atoms with Crippen LogP contribution >= 0.6 is 11.3 Å². The van der Waals surface area contributed by atoms with E-state index in [1.165, 1.54) is 11.3 Å². The Morgan fingerprint density at radius 2 is 2.20 bits per heavy atom. The Kier molecular flexibility index (Phi) is 3.08. The van der Waals surface area contributed by atoms with E-state index in [1.807, 2.05) is 19.1 Å². The van der Waals surface area contributed by atoms with Gasteiger partial charge in [0.2, 0.25) is 0 Å². The summed E-state index contributed by atoms with van der Waals surface area (Å²) in [6.45, 7) is 1.91. The number of hydrogen-bond acceptors (Lipinski definition) is 5. The topological polar surface area (TPSA) is 80.9 Å². The second kappa shape index (κ2) is 4.90. The highest BCUT2D eigenvalue weighted by Crippen LogP contribution is 2.32. The highest BCUT2D eigenvalue weighted by Gasteiger charge is 2.17. The number of nitrogens with one attached hydrogen (secondary N) is 1. The normalized spacial score (nSPS) is 10.7. The van der Waals surface area contributed by atoms with E-state index in [0.717, 1.165) is 15.9 Å². The lowest BCUT2D eigenvalue weighted by Crippen LogP contribution is -2.11. The minimum absolute atomic E-state index is 0.240. The van der Waals surface area contributed by atoms with Crippen molar-refractivity contribution >= 4 is 38.8 Å². The van der Waals surface area contributed by atoms with E-state index in [4.69, 9.17) is 5.73 Å². The van der Waals surface area contributed by atoms with Crippen LogP contribution in [0.4, 0.5) is 11.4 Å². The molecule has 6 heteroatoms. The molecule has 20 heavy (non-hydrogen) atoms. The second-order valence-electron chi connectivity index (χ2n) is 4.35. The summed E-state index contributed by atoms with van der Waals surface area (Å²) in [5, 5.41) is 3.59. The van der Waals surface area contributed by atoms with Gasteiger partial charge in [-0.15, -0.1) is 11.3 Å². The van der Waals surface area contributed by atoms with Gasteiger partial charge in [-0.05, 0) is 31.2 Å². The van der Waals surface area contributed by atoms with Crippen molar-refractivity contribution in [3.63, 3.8) is 0 Å². The minimum Gasteiger partial charge on any atom is -0.397 e. The average Bonchev–Trinajstić information content (AvgIpc) is 2.76. The highest BCUT2D eigenvalue weighted by atomic mass is 32.1. The van der Waals surface area contributed by atoms with Crippen molar-refractivity contribution in [3.05, 3.63) is 47.2 Å². The summed E-state index contributed by atoms with van der Waals surface area (Å²) in [6, 6.07) is 7.31. The molecule has 0 saturated carbocycles. The quantitative estimate of drug-likeness (QED) is 0.758. The number of carbonyl (C=O) groups is 1. The lowest BCUT2D eigenvalue weighted by atomic mass is 10.2. The maximum absolute atomic E-state index is 12.3. The van der Waals surface area contributed by atoms with Crippen LogP contribution < -0.4 is 11.1 Å². The number of thiophene rings is 1. The van der Waals surface area contributed by atoms with Crippen LogP contribution in [-0.2, 0) is 0 Å². The molecule has 1 amide bonds. The molecule has 3 rings (SSSR count). The molecular weight excluding hydrogens is 272 g/mol. The molecule has 0 unspecified atom stereocenters. The summed E-state index contributed by atoms with van der Waals surface area (Å²) in [6.07, 6.45) is 3.24. The molecule has 0 spiro atoms. The van der Waals surface area contributed by atoms with Gasteiger partial charge in [-0.1, -0.05) is 0 Å². The van der Waals surface area contributed by atoms with Crippen molar-refractivity contribution in [2.45, 2.75) is 6.92 Å². The van der Waals surface area contributed by atoms with E-state index < -0.39 is 0 Å². The number of aryl methyl sites for hydroxylation is 1. The monoisotopic (exact) mass is 284 g/mol. The number of hydrogen-bond donors (Lipinski definition) is 2. The number of nitrogens with two attached hydrogens (primary N) is 1. The molecule has 3 heterocycles. The molecule has 0 saturated heterocycles. The Bertz CT molecular complexity index is 782. The number of carbonyl (C=O) groups excluding carboxylic acids is 1. The van der Waals surface area contributed by atoms with Crippen molar-refractivity contribution in [1.82, 2.24) is 9.97 Å². The molecule has 0 aromatic carbocycles. The molecule has 0 aliphatic carbocycles. The molecule has 0 aliphatic rings. The van der Waals surface area contributed by atoms with E-state index in [-0.39, 0.29) is 5.91 Å². The number of nitrogen functional groups attached to an aromatic ring is 1. The molecule has 0 bridgehead atoms. The molecule has 100 valence electrons. The first-order valence-electron chi connectivity index (χ1n) is 6.02. The van der Waals surface area contributed by atoms with Crippen molar-refractivity contribution < 1.29 is 4.79 Å². The first-order valence-corrected chi connectivity index (χ1v) is 6.84. The van der Waals surface area contributed by atoms with Gasteiger partial charge >= 0.3 is 0 Å². The number of rotatable bonds is 2. The molecule has 3 N–H and O–H groups in total. The molecular formula is C14H12N4OS. The molecule has 0 radical (unpaired) electrons. The van der Waals surface area contributed by atoms with Crippen molar-refractivity contribution in [3.8, 4) is 0 Å². The number of anilines is 2. The fourth-order valence-corrected chi connectivity index (χ4v) is 2.92. The van der Waals surface area contributed by atoms with Crippen molar-refractivity contribution in [2.24, 2.45) is 0 Å². The Balaban J connectivity index is 1.97. The van der Waals surface area contributed by atoms with Gasteiger partial charge in [0.05, 0.1) is 17.6 Å². The number of pyridine rings is 2. The van der Waals surface area contributed by atoms with Gasteiger partial charge in [-0.25, -0.2) is 4.98 Å². The fraction of sp³-hybridized carbons (Fsp3) is 0.0714. The zero-order valence-corrected chi connectivity index (χ0v) is 11.6. The van der Waals surface area contributed by atoms with Crippen LogP contribution in [0.3, 0.4) is 0 Å². The number of fused-ring (bicyclic) bond motifs is 1. The third-order valence-electron chi connectivity index (χ3n) is 2.86. The minimum atomic E-state index is -0.240. The van der Waals surface area contributed by atoms with E-state index in [2.05, 4.69) is 15.3 Å². The van der Waals surface area contributed by atoms with Gasteiger partial charge in [0, 0.05) is 17.3 Å². The standard InChI is InChI=1S/C14H12N4OS/c1-8-4-5-10-11(15)12(20-14(10)17-8)13(19)18-9-3-2-6-16-7-9/h2-7H,15H2,1H3,(H,18,19). The van der Waals surface area contributed by atoms with E-state index in [0.29, 0.717) is 16.3 Å². The van der Waals surface area contributed by atoms with Crippen LogP contribution in [0.5, 0.6) is 0 Å². The average molecular weight is 284 g/mol. The lowest BCUT2D eigenvalue weighted by Gasteiger charge is -2.02. The number of nitrogens with zero attached hydrogens (tertiary/aromatic N) is 2. The lowest BCUT2D eigenvalue weighted by molar-refractivity contribution is 0.103. The number of amides is 1. The largest absolute Gasteiger partial charge is 0.397 e. The van der Waals surface area contributed by atoms with Crippen LogP contribution in [-0.4, -0.2) is 15.9 Å². The fourth-order valence-electron chi connectivity index (χ4n) is 1.88. The summed E-state index contributed by atoms with van der Waals surface area (Å²) < 4.78 is 0. The van der Waals surface area contributed by atoms with Crippen molar-refractivity contribution in [2.75, 3.05) is 11.1 Å². The van der Waals surface area contributed by atoms with Crippen LogP contribution in [0.2, 0.25) is 0 Å². The van der Waals surface area contributed by atoms with Gasteiger partial charge in [0.1, 0.15) is 9.71 Å². The molecule has 0 fully saturated rings. The van der Waals surface area contributed by atoms with Gasteiger partial charge in [0.15, 0.2) is 0 Å². The first kappa shape index (κ1) is 12.6. The Morgan fingerprint density at radius 3 is 2.95 bits per heavy atom. The molecule has 3 aromatic rings. The highest BCUT2D eigenvalue weighted by molar-refractivity contribution is 7.21. The van der Waals surface area contributed by atoms with E-state index >= 15 is 0 Å². The first-order chi connectivity index (χ1) is 9.65. The summed E-state index contributed by atoms with van der Waals surface area (Å²) >= 11 is 1.30. The summed E-state index contributed by atoms with van der Waals surface area (Å²) in [5.74, 6) is -0.240. The molecule has 5 nitrogen and oxygen atoms in total. The molecule has 3 aromatic heterocycles. The predicted molar refractivity (Wildman–Crippen MR) is 81.0 cm³/mol. The predicted octanol–water partition coefficient (Wildman–Crippen LogP) is 2.83.